The van der Waals surface area contributed by atoms with Gasteiger partial charge in [0.25, 0.3) is 0 Å². The van der Waals surface area contributed by atoms with Gasteiger partial charge in [0.1, 0.15) is 0 Å². The predicted molar refractivity (Wildman–Crippen MR) is 89.4 cm³/mol. The van der Waals surface area contributed by atoms with E-state index < -0.39 is 0 Å². The van der Waals surface area contributed by atoms with Crippen LogP contribution in [0.4, 0.5) is 0 Å². The second kappa shape index (κ2) is 8.74. The van der Waals surface area contributed by atoms with Gasteiger partial charge in [-0.2, -0.15) is 0 Å². The molecule has 0 spiro atoms. The molecule has 1 fully saturated rings. The highest BCUT2D eigenvalue weighted by Crippen LogP contribution is 2.17. The van der Waals surface area contributed by atoms with E-state index in [0.29, 0.717) is 12.5 Å². The maximum Gasteiger partial charge on any atom is 0.234 e. The van der Waals surface area contributed by atoms with Crippen molar-refractivity contribution in [1.29, 1.82) is 0 Å². The van der Waals surface area contributed by atoms with E-state index in [4.69, 9.17) is 0 Å². The van der Waals surface area contributed by atoms with Crippen molar-refractivity contribution in [2.24, 2.45) is 11.8 Å². The fourth-order valence-electron chi connectivity index (χ4n) is 2.56. The van der Waals surface area contributed by atoms with Crippen molar-refractivity contribution in [2.75, 3.05) is 32.7 Å². The number of carbonyl (C=O) groups is 1. The van der Waals surface area contributed by atoms with Gasteiger partial charge in [0, 0.05) is 12.1 Å². The summed E-state index contributed by atoms with van der Waals surface area (Å²) in [5, 5.41) is 6.61. The molecule has 21 heavy (non-hydrogen) atoms. The van der Waals surface area contributed by atoms with Crippen molar-refractivity contribution in [1.82, 2.24) is 15.5 Å². The highest BCUT2D eigenvalue weighted by Gasteiger charge is 2.22. The molecule has 0 aromatic carbocycles. The molecule has 4 nitrogen and oxygen atoms in total. The summed E-state index contributed by atoms with van der Waals surface area (Å²) in [7, 11) is 0. The van der Waals surface area contributed by atoms with E-state index in [0.717, 1.165) is 38.5 Å². The van der Waals surface area contributed by atoms with Gasteiger partial charge < -0.3 is 10.6 Å². The average molecular weight is 297 g/mol. The Morgan fingerprint density at radius 3 is 2.38 bits per heavy atom. The summed E-state index contributed by atoms with van der Waals surface area (Å²) >= 11 is 0. The van der Waals surface area contributed by atoms with Crippen LogP contribution in [0.5, 0.6) is 0 Å². The SMILES string of the molecule is CC(C)CCNC(=O)CN1CCC(CNC(C)(C)C)CC1. The van der Waals surface area contributed by atoms with Crippen molar-refractivity contribution in [2.45, 2.75) is 59.4 Å². The number of rotatable bonds is 7. The molecule has 1 aliphatic heterocycles. The zero-order valence-corrected chi connectivity index (χ0v) is 14.7. The third kappa shape index (κ3) is 9.10. The van der Waals surface area contributed by atoms with E-state index >= 15 is 0 Å². The fourth-order valence-corrected chi connectivity index (χ4v) is 2.56. The molecular formula is C17H35N3O. The van der Waals surface area contributed by atoms with Gasteiger partial charge >= 0.3 is 0 Å². The fraction of sp³-hybridized carbons (Fsp3) is 0.941. The number of piperidine rings is 1. The molecular weight excluding hydrogens is 262 g/mol. The maximum absolute atomic E-state index is 11.9. The molecule has 2 N–H and O–H groups in total. The second-order valence-corrected chi connectivity index (χ2v) is 7.88. The molecule has 0 aromatic rings. The van der Waals surface area contributed by atoms with Gasteiger partial charge in [0.15, 0.2) is 0 Å². The molecule has 4 heteroatoms. The van der Waals surface area contributed by atoms with Gasteiger partial charge in [-0.3, -0.25) is 9.69 Å². The minimum Gasteiger partial charge on any atom is -0.355 e. The molecule has 1 amide bonds. The van der Waals surface area contributed by atoms with Crippen LogP contribution in [0.15, 0.2) is 0 Å². The van der Waals surface area contributed by atoms with Crippen LogP contribution in [-0.4, -0.2) is 49.1 Å². The summed E-state index contributed by atoms with van der Waals surface area (Å²) in [6.45, 7) is 15.6. The highest BCUT2D eigenvalue weighted by atomic mass is 16.2. The first-order valence-corrected chi connectivity index (χ1v) is 8.50. The molecule has 0 aliphatic carbocycles. The summed E-state index contributed by atoms with van der Waals surface area (Å²) < 4.78 is 0. The molecule has 0 saturated carbocycles. The molecule has 0 radical (unpaired) electrons. The summed E-state index contributed by atoms with van der Waals surface area (Å²) in [6, 6.07) is 0. The Morgan fingerprint density at radius 2 is 1.86 bits per heavy atom. The lowest BCUT2D eigenvalue weighted by Gasteiger charge is -2.33. The van der Waals surface area contributed by atoms with Gasteiger partial charge in [-0.25, -0.2) is 0 Å². The number of hydrogen-bond acceptors (Lipinski definition) is 3. The van der Waals surface area contributed by atoms with Gasteiger partial charge in [-0.15, -0.1) is 0 Å². The van der Waals surface area contributed by atoms with Crippen molar-refractivity contribution in [3.63, 3.8) is 0 Å². The van der Waals surface area contributed by atoms with Gasteiger partial charge in [0.05, 0.1) is 6.54 Å². The van der Waals surface area contributed by atoms with Crippen LogP contribution in [0.3, 0.4) is 0 Å². The first kappa shape index (κ1) is 18.4. The Kier molecular flexibility index (Phi) is 7.67. The number of carbonyl (C=O) groups excluding carboxylic acids is 1. The average Bonchev–Trinajstić information content (AvgIpc) is 2.36. The standard InChI is InChI=1S/C17H35N3O/c1-14(2)6-9-18-16(21)13-20-10-7-15(8-11-20)12-19-17(3,4)5/h14-15,19H,6-13H2,1-5H3,(H,18,21). The van der Waals surface area contributed by atoms with Crippen molar-refractivity contribution in [3.05, 3.63) is 0 Å². The lowest BCUT2D eigenvalue weighted by Crippen LogP contribution is -2.45. The monoisotopic (exact) mass is 297 g/mol. The minimum atomic E-state index is 0.182. The summed E-state index contributed by atoms with van der Waals surface area (Å²) in [4.78, 5) is 14.2. The van der Waals surface area contributed by atoms with Crippen molar-refractivity contribution in [3.8, 4) is 0 Å². The molecule has 0 atom stereocenters. The van der Waals surface area contributed by atoms with E-state index in [9.17, 15) is 4.79 Å². The van der Waals surface area contributed by atoms with Crippen LogP contribution in [0.2, 0.25) is 0 Å². The molecule has 1 saturated heterocycles. The Hall–Kier alpha value is -0.610. The normalized spacial score (nSPS) is 18.2. The van der Waals surface area contributed by atoms with Crippen LogP contribution in [0.25, 0.3) is 0 Å². The van der Waals surface area contributed by atoms with Gasteiger partial charge in [-0.05, 0) is 71.5 Å². The van der Waals surface area contributed by atoms with Crippen LogP contribution in [-0.2, 0) is 4.79 Å². The Morgan fingerprint density at radius 1 is 1.24 bits per heavy atom. The maximum atomic E-state index is 11.9. The van der Waals surface area contributed by atoms with E-state index in [1.807, 2.05) is 0 Å². The Balaban J connectivity index is 2.14. The predicted octanol–water partition coefficient (Wildman–Crippen LogP) is 2.25. The first-order valence-electron chi connectivity index (χ1n) is 8.50. The summed E-state index contributed by atoms with van der Waals surface area (Å²) in [5.74, 6) is 1.59. The third-order valence-electron chi connectivity index (χ3n) is 4.04. The minimum absolute atomic E-state index is 0.182. The lowest BCUT2D eigenvalue weighted by molar-refractivity contribution is -0.122. The molecule has 1 rings (SSSR count). The second-order valence-electron chi connectivity index (χ2n) is 7.88. The van der Waals surface area contributed by atoms with Crippen LogP contribution < -0.4 is 10.6 Å². The van der Waals surface area contributed by atoms with Crippen LogP contribution in [0.1, 0.15) is 53.9 Å². The van der Waals surface area contributed by atoms with E-state index in [2.05, 4.69) is 50.2 Å². The number of amides is 1. The first-order chi connectivity index (χ1) is 9.76. The van der Waals surface area contributed by atoms with Crippen molar-refractivity contribution >= 4 is 5.91 Å². The van der Waals surface area contributed by atoms with Crippen LogP contribution in [0, 0.1) is 11.8 Å². The smallest absolute Gasteiger partial charge is 0.234 e. The highest BCUT2D eigenvalue weighted by molar-refractivity contribution is 5.77. The number of nitrogens with zero attached hydrogens (tertiary/aromatic N) is 1. The number of likely N-dealkylation sites (tertiary alicyclic amines) is 1. The zero-order valence-electron chi connectivity index (χ0n) is 14.7. The van der Waals surface area contributed by atoms with E-state index in [1.165, 1.54) is 12.8 Å². The third-order valence-corrected chi connectivity index (χ3v) is 4.04. The molecule has 124 valence electrons. The number of nitrogens with one attached hydrogen (secondary N) is 2. The van der Waals surface area contributed by atoms with Gasteiger partial charge in [-0.1, -0.05) is 13.8 Å². The topological polar surface area (TPSA) is 44.4 Å². The van der Waals surface area contributed by atoms with Gasteiger partial charge in [0.2, 0.25) is 5.91 Å². The molecule has 0 unspecified atom stereocenters. The van der Waals surface area contributed by atoms with E-state index in [-0.39, 0.29) is 11.4 Å². The zero-order chi connectivity index (χ0) is 15.9. The van der Waals surface area contributed by atoms with E-state index in [1.54, 1.807) is 0 Å². The molecule has 1 heterocycles. The van der Waals surface area contributed by atoms with Crippen LogP contribution >= 0.6 is 0 Å². The molecule has 0 bridgehead atoms. The largest absolute Gasteiger partial charge is 0.355 e. The Labute approximate surface area is 131 Å². The number of hydrogen-bond donors (Lipinski definition) is 2. The summed E-state index contributed by atoms with van der Waals surface area (Å²) in [5.41, 5.74) is 0.202. The summed E-state index contributed by atoms with van der Waals surface area (Å²) in [6.07, 6.45) is 3.46. The molecule has 0 aromatic heterocycles. The quantitative estimate of drug-likeness (QED) is 0.757. The molecule has 1 aliphatic rings. The lowest BCUT2D eigenvalue weighted by atomic mass is 9.95. The Bertz CT molecular complexity index is 302. The van der Waals surface area contributed by atoms with Crippen molar-refractivity contribution < 1.29 is 4.79 Å².